The number of nitrogens with zero attached hydrogens (tertiary/aromatic N) is 2. The summed E-state index contributed by atoms with van der Waals surface area (Å²) in [6.07, 6.45) is 5.98. The number of hydrogen-bond donors (Lipinski definition) is 1. The minimum atomic E-state index is -2.94. The van der Waals surface area contributed by atoms with E-state index in [0.717, 1.165) is 50.4 Å². The number of aromatic nitrogens is 2. The third-order valence-electron chi connectivity index (χ3n) is 4.95. The van der Waals surface area contributed by atoms with E-state index in [2.05, 4.69) is 42.9 Å². The van der Waals surface area contributed by atoms with Gasteiger partial charge < -0.3 is 9.64 Å². The summed E-state index contributed by atoms with van der Waals surface area (Å²) >= 11 is 0. The van der Waals surface area contributed by atoms with Crippen LogP contribution in [0.25, 0.3) is 11.3 Å². The highest BCUT2D eigenvalue weighted by molar-refractivity contribution is 5.66. The quantitative estimate of drug-likeness (QED) is 0.424. The molecule has 0 unspecified atom stereocenters. The molecule has 162 valence electrons. The highest BCUT2D eigenvalue weighted by Crippen LogP contribution is 2.35. The van der Waals surface area contributed by atoms with Gasteiger partial charge >= 0.3 is 0 Å². The molecule has 0 saturated carbocycles. The number of alkyl halides is 2. The number of benzene rings is 1. The molecule has 2 aromatic rings. The number of H-pyrrole nitrogens is 1. The van der Waals surface area contributed by atoms with Crippen LogP contribution in [0.3, 0.4) is 0 Å². The second kappa shape index (κ2) is 10.7. The predicted molar refractivity (Wildman–Crippen MR) is 114 cm³/mol. The normalized spacial score (nSPS) is 12.2. The Hall–Kier alpha value is -1.95. The highest BCUT2D eigenvalue weighted by Gasteiger charge is 2.26. The van der Waals surface area contributed by atoms with Crippen molar-refractivity contribution in [3.05, 3.63) is 35.5 Å². The van der Waals surface area contributed by atoms with E-state index in [1.807, 2.05) is 6.07 Å². The third-order valence-corrected chi connectivity index (χ3v) is 4.95. The van der Waals surface area contributed by atoms with Gasteiger partial charge in [0.15, 0.2) is 0 Å². The average Bonchev–Trinajstić information content (AvgIpc) is 3.10. The Kier molecular flexibility index (Phi) is 8.62. The van der Waals surface area contributed by atoms with Crippen LogP contribution in [-0.2, 0) is 12.5 Å². The van der Waals surface area contributed by atoms with E-state index in [1.165, 1.54) is 12.1 Å². The maximum absolute atomic E-state index is 14.1. The van der Waals surface area contributed by atoms with Crippen molar-refractivity contribution in [2.45, 2.75) is 65.8 Å². The van der Waals surface area contributed by atoms with E-state index in [0.29, 0.717) is 30.4 Å². The standard InChI is InChI=1S/C23H35F2N3O/c1-6-7-10-28(5)16-19-15-26-27-22(19)18-12-20(23(4,24)25)14-21(13-18)29-11-8-9-17(2)3/h12-15,17H,6-11,16H2,1-5H3,(H,26,27). The highest BCUT2D eigenvalue weighted by atomic mass is 19.3. The van der Waals surface area contributed by atoms with Crippen molar-refractivity contribution in [2.24, 2.45) is 5.92 Å². The summed E-state index contributed by atoms with van der Waals surface area (Å²) < 4.78 is 34.0. The Balaban J connectivity index is 2.25. The molecule has 0 aliphatic heterocycles. The second-order valence-corrected chi connectivity index (χ2v) is 8.38. The molecule has 1 aromatic carbocycles. The van der Waals surface area contributed by atoms with Gasteiger partial charge in [0.2, 0.25) is 0 Å². The number of unbranched alkanes of at least 4 members (excludes halogenated alkanes) is 1. The first-order valence-corrected chi connectivity index (χ1v) is 10.6. The van der Waals surface area contributed by atoms with Crippen LogP contribution in [0, 0.1) is 5.92 Å². The van der Waals surface area contributed by atoms with Gasteiger partial charge in [0.05, 0.1) is 18.5 Å². The van der Waals surface area contributed by atoms with Gasteiger partial charge in [-0.15, -0.1) is 0 Å². The molecule has 0 fully saturated rings. The minimum Gasteiger partial charge on any atom is -0.494 e. The summed E-state index contributed by atoms with van der Waals surface area (Å²) in [7, 11) is 2.06. The van der Waals surface area contributed by atoms with E-state index in [4.69, 9.17) is 4.74 Å². The van der Waals surface area contributed by atoms with Crippen LogP contribution in [-0.4, -0.2) is 35.3 Å². The molecule has 1 heterocycles. The molecule has 4 nitrogen and oxygen atoms in total. The predicted octanol–water partition coefficient (Wildman–Crippen LogP) is 6.24. The van der Waals surface area contributed by atoms with E-state index < -0.39 is 5.92 Å². The molecule has 1 aromatic heterocycles. The second-order valence-electron chi connectivity index (χ2n) is 8.38. The molecule has 0 atom stereocenters. The first-order valence-electron chi connectivity index (χ1n) is 10.6. The van der Waals surface area contributed by atoms with Gasteiger partial charge in [0.1, 0.15) is 5.75 Å². The average molecular weight is 408 g/mol. The summed E-state index contributed by atoms with van der Waals surface area (Å²) in [5.74, 6) is -1.87. The smallest absolute Gasteiger partial charge is 0.270 e. The van der Waals surface area contributed by atoms with Gasteiger partial charge in [-0.3, -0.25) is 5.10 Å². The summed E-state index contributed by atoms with van der Waals surface area (Å²) in [5.41, 5.74) is 2.39. The third kappa shape index (κ3) is 7.42. The molecule has 6 heteroatoms. The number of rotatable bonds is 12. The Bertz CT molecular complexity index is 753. The fourth-order valence-electron chi connectivity index (χ4n) is 3.24. The van der Waals surface area contributed by atoms with E-state index >= 15 is 0 Å². The lowest BCUT2D eigenvalue weighted by Crippen LogP contribution is -2.19. The maximum atomic E-state index is 14.1. The number of aromatic amines is 1. The Morgan fingerprint density at radius 1 is 1.21 bits per heavy atom. The van der Waals surface area contributed by atoms with Crippen LogP contribution in [0.1, 0.15) is 64.5 Å². The summed E-state index contributed by atoms with van der Waals surface area (Å²) in [6, 6.07) is 4.81. The lowest BCUT2D eigenvalue weighted by molar-refractivity contribution is 0.0172. The zero-order chi connectivity index (χ0) is 21.4. The van der Waals surface area contributed by atoms with Crippen LogP contribution in [0.2, 0.25) is 0 Å². The number of nitrogens with one attached hydrogen (secondary N) is 1. The Labute approximate surface area is 173 Å². The lowest BCUT2D eigenvalue weighted by Gasteiger charge is -2.18. The van der Waals surface area contributed by atoms with Crippen LogP contribution in [0.5, 0.6) is 5.75 Å². The first kappa shape index (κ1) is 23.3. The minimum absolute atomic E-state index is 0.0475. The molecule has 0 radical (unpaired) electrons. The van der Waals surface area contributed by atoms with Gasteiger partial charge in [-0.05, 0) is 57.0 Å². The number of halogens is 2. The molecule has 0 aliphatic rings. The summed E-state index contributed by atoms with van der Waals surface area (Å²) in [4.78, 5) is 2.22. The van der Waals surface area contributed by atoms with E-state index in [-0.39, 0.29) is 5.56 Å². The number of ether oxygens (including phenoxy) is 1. The zero-order valence-electron chi connectivity index (χ0n) is 18.4. The van der Waals surface area contributed by atoms with Crippen molar-refractivity contribution < 1.29 is 13.5 Å². The van der Waals surface area contributed by atoms with Crippen LogP contribution >= 0.6 is 0 Å². The molecule has 0 aliphatic carbocycles. The van der Waals surface area contributed by atoms with Crippen molar-refractivity contribution in [1.29, 1.82) is 0 Å². The van der Waals surface area contributed by atoms with E-state index in [1.54, 1.807) is 6.20 Å². The molecular weight excluding hydrogens is 372 g/mol. The molecular formula is C23H35F2N3O. The lowest BCUT2D eigenvalue weighted by atomic mass is 10.0. The van der Waals surface area contributed by atoms with Crippen LogP contribution in [0.15, 0.2) is 24.4 Å². The van der Waals surface area contributed by atoms with Crippen molar-refractivity contribution in [3.63, 3.8) is 0 Å². The molecule has 0 bridgehead atoms. The topological polar surface area (TPSA) is 41.2 Å². The molecule has 0 amide bonds. The first-order chi connectivity index (χ1) is 13.7. The van der Waals surface area contributed by atoms with Gasteiger partial charge in [0, 0.05) is 30.2 Å². The van der Waals surface area contributed by atoms with Crippen LogP contribution in [0.4, 0.5) is 8.78 Å². The SMILES string of the molecule is CCCCN(C)Cc1cn[nH]c1-c1cc(OCCCC(C)C)cc(C(C)(F)F)c1. The van der Waals surface area contributed by atoms with Crippen molar-refractivity contribution in [1.82, 2.24) is 15.1 Å². The number of hydrogen-bond acceptors (Lipinski definition) is 3. The van der Waals surface area contributed by atoms with Gasteiger partial charge in [-0.1, -0.05) is 27.2 Å². The fraction of sp³-hybridized carbons (Fsp3) is 0.609. The van der Waals surface area contributed by atoms with Gasteiger partial charge in [-0.2, -0.15) is 5.10 Å². The van der Waals surface area contributed by atoms with Gasteiger partial charge in [-0.25, -0.2) is 8.78 Å². The summed E-state index contributed by atoms with van der Waals surface area (Å²) in [5, 5.41) is 7.16. The van der Waals surface area contributed by atoms with Crippen molar-refractivity contribution in [3.8, 4) is 17.0 Å². The molecule has 1 N–H and O–H groups in total. The van der Waals surface area contributed by atoms with Crippen molar-refractivity contribution in [2.75, 3.05) is 20.2 Å². The largest absolute Gasteiger partial charge is 0.494 e. The maximum Gasteiger partial charge on any atom is 0.270 e. The van der Waals surface area contributed by atoms with Gasteiger partial charge in [0.25, 0.3) is 5.92 Å². The fourth-order valence-corrected chi connectivity index (χ4v) is 3.24. The summed E-state index contributed by atoms with van der Waals surface area (Å²) in [6.45, 7) is 9.62. The Morgan fingerprint density at radius 3 is 2.62 bits per heavy atom. The van der Waals surface area contributed by atoms with E-state index in [9.17, 15) is 8.78 Å². The zero-order valence-corrected chi connectivity index (χ0v) is 18.4. The monoisotopic (exact) mass is 407 g/mol. The Morgan fingerprint density at radius 2 is 1.97 bits per heavy atom. The molecule has 2 rings (SSSR count). The van der Waals surface area contributed by atoms with Crippen LogP contribution < -0.4 is 4.74 Å². The van der Waals surface area contributed by atoms with Crippen molar-refractivity contribution >= 4 is 0 Å². The molecule has 0 spiro atoms. The molecule has 29 heavy (non-hydrogen) atoms. The molecule has 0 saturated heterocycles.